The van der Waals surface area contributed by atoms with Crippen molar-refractivity contribution in [1.29, 1.82) is 0 Å². The van der Waals surface area contributed by atoms with Crippen molar-refractivity contribution in [2.75, 3.05) is 6.54 Å². The quantitative estimate of drug-likeness (QED) is 0.685. The lowest BCUT2D eigenvalue weighted by Gasteiger charge is -2.17. The molecule has 72 valence electrons. The van der Waals surface area contributed by atoms with Crippen LogP contribution >= 0.6 is 0 Å². The van der Waals surface area contributed by atoms with Gasteiger partial charge in [0, 0.05) is 6.54 Å². The van der Waals surface area contributed by atoms with E-state index >= 15 is 0 Å². The van der Waals surface area contributed by atoms with E-state index in [4.69, 9.17) is 5.11 Å². The van der Waals surface area contributed by atoms with Crippen LogP contribution in [0.4, 0.5) is 0 Å². The maximum absolute atomic E-state index is 11.4. The SMILES string of the molecule is O=C(O)c1cccc2c1C(=O)NCC2. The molecule has 14 heavy (non-hydrogen) atoms. The molecule has 0 spiro atoms. The molecule has 1 heterocycles. The molecule has 0 aliphatic carbocycles. The average Bonchev–Trinajstić information content (AvgIpc) is 2.17. The second kappa shape index (κ2) is 3.14. The zero-order valence-electron chi connectivity index (χ0n) is 7.41. The molecule has 2 N–H and O–H groups in total. The van der Waals surface area contributed by atoms with Crippen molar-refractivity contribution in [3.05, 3.63) is 34.9 Å². The first kappa shape index (κ1) is 8.74. The topological polar surface area (TPSA) is 66.4 Å². The predicted octanol–water partition coefficient (Wildman–Crippen LogP) is 0.671. The number of carboxylic acids is 1. The second-order valence-electron chi connectivity index (χ2n) is 3.15. The molecule has 1 amide bonds. The van der Waals surface area contributed by atoms with E-state index in [1.54, 1.807) is 12.1 Å². The molecule has 0 radical (unpaired) electrons. The third-order valence-corrected chi connectivity index (χ3v) is 2.29. The average molecular weight is 191 g/mol. The summed E-state index contributed by atoms with van der Waals surface area (Å²) in [6, 6.07) is 4.91. The highest BCUT2D eigenvalue weighted by atomic mass is 16.4. The minimum Gasteiger partial charge on any atom is -0.478 e. The third kappa shape index (κ3) is 1.25. The molecule has 4 heteroatoms. The fourth-order valence-electron chi connectivity index (χ4n) is 1.65. The highest BCUT2D eigenvalue weighted by Crippen LogP contribution is 2.18. The highest BCUT2D eigenvalue weighted by molar-refractivity contribution is 6.06. The van der Waals surface area contributed by atoms with E-state index in [0.717, 1.165) is 5.56 Å². The van der Waals surface area contributed by atoms with Gasteiger partial charge >= 0.3 is 5.97 Å². The minimum atomic E-state index is -1.06. The number of fused-ring (bicyclic) bond motifs is 1. The first-order chi connectivity index (χ1) is 6.70. The zero-order chi connectivity index (χ0) is 10.1. The maximum Gasteiger partial charge on any atom is 0.336 e. The van der Waals surface area contributed by atoms with E-state index in [1.165, 1.54) is 6.07 Å². The lowest BCUT2D eigenvalue weighted by molar-refractivity contribution is 0.0690. The Hall–Kier alpha value is -1.84. The molecular weight excluding hydrogens is 182 g/mol. The van der Waals surface area contributed by atoms with Gasteiger partial charge in [-0.25, -0.2) is 4.79 Å². The second-order valence-corrected chi connectivity index (χ2v) is 3.15. The zero-order valence-corrected chi connectivity index (χ0v) is 7.41. The Kier molecular flexibility index (Phi) is 1.96. The van der Waals surface area contributed by atoms with Crippen LogP contribution in [0.2, 0.25) is 0 Å². The molecule has 0 aromatic heterocycles. The summed E-state index contributed by atoms with van der Waals surface area (Å²) in [7, 11) is 0. The van der Waals surface area contributed by atoms with Crippen LogP contribution in [0.25, 0.3) is 0 Å². The summed E-state index contributed by atoms with van der Waals surface area (Å²) < 4.78 is 0. The molecule has 1 aromatic rings. The molecule has 1 aromatic carbocycles. The van der Waals surface area contributed by atoms with Crippen LogP contribution < -0.4 is 5.32 Å². The van der Waals surface area contributed by atoms with Crippen LogP contribution in [0.3, 0.4) is 0 Å². The Bertz CT molecular complexity index is 412. The number of carbonyl (C=O) groups is 2. The van der Waals surface area contributed by atoms with Gasteiger partial charge in [0.2, 0.25) is 0 Å². The molecule has 0 unspecified atom stereocenters. The fraction of sp³-hybridized carbons (Fsp3) is 0.200. The first-order valence-electron chi connectivity index (χ1n) is 4.33. The summed E-state index contributed by atoms with van der Waals surface area (Å²) >= 11 is 0. The number of carboxylic acid groups (broad SMARTS) is 1. The summed E-state index contributed by atoms with van der Waals surface area (Å²) in [6.07, 6.45) is 0.697. The molecule has 0 saturated carbocycles. The minimum absolute atomic E-state index is 0.0831. The van der Waals surface area contributed by atoms with Gasteiger partial charge < -0.3 is 10.4 Å². The number of hydrogen-bond donors (Lipinski definition) is 2. The summed E-state index contributed by atoms with van der Waals surface area (Å²) in [5, 5.41) is 11.5. The first-order valence-corrected chi connectivity index (χ1v) is 4.33. The normalized spacial score (nSPS) is 14.4. The van der Waals surface area contributed by atoms with E-state index in [0.29, 0.717) is 18.5 Å². The number of nitrogens with one attached hydrogen (secondary N) is 1. The van der Waals surface area contributed by atoms with Gasteiger partial charge in [0.25, 0.3) is 5.91 Å². The lowest BCUT2D eigenvalue weighted by atomic mass is 9.95. The Labute approximate surface area is 80.6 Å². The van der Waals surface area contributed by atoms with Crippen molar-refractivity contribution in [1.82, 2.24) is 5.32 Å². The Morgan fingerprint density at radius 2 is 2.21 bits per heavy atom. The van der Waals surface area contributed by atoms with Crippen LogP contribution in [-0.4, -0.2) is 23.5 Å². The smallest absolute Gasteiger partial charge is 0.336 e. The Balaban J connectivity index is 2.63. The molecular formula is C10H9NO3. The van der Waals surface area contributed by atoms with Gasteiger partial charge in [-0.2, -0.15) is 0 Å². The van der Waals surface area contributed by atoms with Crippen molar-refractivity contribution < 1.29 is 14.7 Å². The molecule has 2 rings (SSSR count). The van der Waals surface area contributed by atoms with Gasteiger partial charge in [0.15, 0.2) is 0 Å². The molecule has 1 aliphatic rings. The van der Waals surface area contributed by atoms with E-state index in [2.05, 4.69) is 5.32 Å². The number of aromatic carboxylic acids is 1. The summed E-state index contributed by atoms with van der Waals surface area (Å²) in [5.74, 6) is -1.34. The lowest BCUT2D eigenvalue weighted by Crippen LogP contribution is -2.33. The number of amides is 1. The summed E-state index contributed by atoms with van der Waals surface area (Å²) in [4.78, 5) is 22.3. The largest absolute Gasteiger partial charge is 0.478 e. The van der Waals surface area contributed by atoms with Crippen molar-refractivity contribution >= 4 is 11.9 Å². The van der Waals surface area contributed by atoms with Crippen LogP contribution in [0.15, 0.2) is 18.2 Å². The molecule has 0 atom stereocenters. The van der Waals surface area contributed by atoms with E-state index < -0.39 is 5.97 Å². The van der Waals surface area contributed by atoms with Gasteiger partial charge in [-0.3, -0.25) is 4.79 Å². The van der Waals surface area contributed by atoms with Gasteiger partial charge in [0.1, 0.15) is 0 Å². The molecule has 4 nitrogen and oxygen atoms in total. The van der Waals surface area contributed by atoms with Gasteiger partial charge in [-0.15, -0.1) is 0 Å². The van der Waals surface area contributed by atoms with Crippen LogP contribution in [0.1, 0.15) is 26.3 Å². The third-order valence-electron chi connectivity index (χ3n) is 2.29. The molecule has 1 aliphatic heterocycles. The monoisotopic (exact) mass is 191 g/mol. The highest BCUT2D eigenvalue weighted by Gasteiger charge is 2.22. The Morgan fingerprint density at radius 1 is 1.43 bits per heavy atom. The fourth-order valence-corrected chi connectivity index (χ4v) is 1.65. The van der Waals surface area contributed by atoms with Gasteiger partial charge in [-0.1, -0.05) is 12.1 Å². The summed E-state index contributed by atoms with van der Waals surface area (Å²) in [6.45, 7) is 0.578. The molecule has 0 bridgehead atoms. The van der Waals surface area contributed by atoms with Crippen LogP contribution in [-0.2, 0) is 6.42 Å². The Morgan fingerprint density at radius 3 is 2.93 bits per heavy atom. The molecule has 0 fully saturated rings. The van der Waals surface area contributed by atoms with Crippen molar-refractivity contribution in [3.8, 4) is 0 Å². The van der Waals surface area contributed by atoms with Crippen molar-refractivity contribution in [2.45, 2.75) is 6.42 Å². The maximum atomic E-state index is 11.4. The van der Waals surface area contributed by atoms with Gasteiger partial charge in [-0.05, 0) is 18.1 Å². The van der Waals surface area contributed by atoms with E-state index in [1.807, 2.05) is 0 Å². The number of benzene rings is 1. The number of carbonyl (C=O) groups excluding carboxylic acids is 1. The van der Waals surface area contributed by atoms with Crippen LogP contribution in [0, 0.1) is 0 Å². The van der Waals surface area contributed by atoms with Crippen LogP contribution in [0.5, 0.6) is 0 Å². The van der Waals surface area contributed by atoms with E-state index in [-0.39, 0.29) is 11.5 Å². The standard InChI is InChI=1S/C10H9NO3/c12-9-8-6(4-5-11-9)2-1-3-7(8)10(13)14/h1-3H,4-5H2,(H,11,12)(H,13,14). The number of rotatable bonds is 1. The van der Waals surface area contributed by atoms with Gasteiger partial charge in [0.05, 0.1) is 11.1 Å². The predicted molar refractivity (Wildman–Crippen MR) is 49.4 cm³/mol. The van der Waals surface area contributed by atoms with E-state index in [9.17, 15) is 9.59 Å². The van der Waals surface area contributed by atoms with Crippen molar-refractivity contribution in [3.63, 3.8) is 0 Å². The summed E-state index contributed by atoms with van der Waals surface area (Å²) in [5.41, 5.74) is 1.21. The number of hydrogen-bond acceptors (Lipinski definition) is 2. The van der Waals surface area contributed by atoms with Crippen molar-refractivity contribution in [2.24, 2.45) is 0 Å². The molecule has 0 saturated heterocycles.